The predicted molar refractivity (Wildman–Crippen MR) is 244 cm³/mol. The maximum atomic E-state index is 15.9. The number of rotatable bonds is 15. The van der Waals surface area contributed by atoms with Crippen LogP contribution in [0, 0.1) is 16.7 Å². The molecular formula is C51H63NO13Si. The number of hydrogen-bond donors (Lipinski definition) is 4. The number of amides is 1. The molecule has 3 aromatic rings. The summed E-state index contributed by atoms with van der Waals surface area (Å²) in [5, 5.41) is 34.6. The fraction of sp³-hybridized carbons (Fsp3) is 0.510. The number of carbonyl (C=O) groups is 5. The molecule has 3 aromatic carbocycles. The van der Waals surface area contributed by atoms with E-state index >= 15 is 4.79 Å². The molecule has 1 heterocycles. The largest absolute Gasteiger partial charge is 0.456 e. The first kappa shape index (κ1) is 47.5. The minimum absolute atomic E-state index is 0.0297. The highest BCUT2D eigenvalue weighted by Gasteiger charge is 2.78. The van der Waals surface area contributed by atoms with E-state index in [0.717, 1.165) is 0 Å². The smallest absolute Gasteiger partial charge is 0.338 e. The van der Waals surface area contributed by atoms with Gasteiger partial charge >= 0.3 is 17.9 Å². The monoisotopic (exact) mass is 927 g/mol. The van der Waals surface area contributed by atoms with Crippen LogP contribution in [0.15, 0.2) is 102 Å². The fourth-order valence-electron chi connectivity index (χ4n) is 11.4. The van der Waals surface area contributed by atoms with Crippen molar-refractivity contribution in [2.75, 3.05) is 6.61 Å². The number of hydrogen-bond acceptors (Lipinski definition) is 13. The fourth-order valence-corrected chi connectivity index (χ4v) is 14.3. The van der Waals surface area contributed by atoms with E-state index in [4.69, 9.17) is 29.9 Å². The zero-order valence-corrected chi connectivity index (χ0v) is 39.9. The standard InChI is InChI=1S/C51H63NO13Si/c1-9-66(10-2,11-3)65-36-27-37-50(29-61-37,64-31(5)53)42-44(63-46(58)34-25-19-14-20-26-34)51(60)28-35(30(4)38(48(51,6)7)40(54)43(56)49(36,42)8)62-47(59)41(55)39(32-21-15-12-16-22-32)52-45(57)33-23-17-13-18-24-33/h12-26,35-37,39-42,44,54-55,60H,9-11,27-29H2,1-8H3,(H,52,57)/t35-,36-,37+,39-,40+,41+,42-,44-,49+,50-,51+/m0/s1/i55T. The molecule has 2 bridgehead atoms. The highest BCUT2D eigenvalue weighted by Crippen LogP contribution is 2.65. The van der Waals surface area contributed by atoms with E-state index in [-0.39, 0.29) is 35.3 Å². The maximum Gasteiger partial charge on any atom is 0.338 e. The van der Waals surface area contributed by atoms with E-state index in [2.05, 4.69) is 5.32 Å². The summed E-state index contributed by atoms with van der Waals surface area (Å²) in [4.78, 5) is 72.0. The molecule has 1 aliphatic heterocycles. The van der Waals surface area contributed by atoms with Crippen molar-refractivity contribution in [2.24, 2.45) is 16.7 Å². The first-order chi connectivity index (χ1) is 31.8. The summed E-state index contributed by atoms with van der Waals surface area (Å²) in [6.07, 6.45) is -9.05. The van der Waals surface area contributed by atoms with E-state index in [0.29, 0.717) is 23.7 Å². The third kappa shape index (κ3) is 8.15. The molecular weight excluding hydrogens is 863 g/mol. The van der Waals surface area contributed by atoms with Gasteiger partial charge in [-0.1, -0.05) is 101 Å². The Balaban J connectivity index is 1.40. The van der Waals surface area contributed by atoms with Crippen molar-refractivity contribution < 1.29 is 62.7 Å². The molecule has 4 aliphatic rings. The Bertz CT molecular complexity index is 2350. The van der Waals surface area contributed by atoms with Gasteiger partial charge in [-0.25, -0.2) is 9.59 Å². The number of fused-ring (bicyclic) bond motifs is 5. The molecule has 1 saturated heterocycles. The van der Waals surface area contributed by atoms with Gasteiger partial charge in [-0.3, -0.25) is 14.4 Å². The van der Waals surface area contributed by atoms with Gasteiger partial charge in [-0.2, -0.15) is 0 Å². The molecule has 1 amide bonds. The van der Waals surface area contributed by atoms with Crippen LogP contribution in [-0.4, -0.2) is 109 Å². The molecule has 7 rings (SSSR count). The zero-order chi connectivity index (χ0) is 48.7. The molecule has 0 unspecified atom stereocenters. The van der Waals surface area contributed by atoms with Gasteiger partial charge in [0.15, 0.2) is 25.8 Å². The SMILES string of the molecule is [3H]O[C@@H](C(=O)O[C@H]1C[C@@]2(O)[C@@H](OC(=O)c3ccccc3)[C@@H]3[C@]4(OC(C)=O)CO[C@@H]4C[C@H](O[Si](CC)(CC)CC)[C@@]3(C)C(=O)[C@H](O)C(=C1C)C2(C)C)[C@@H](NC(=O)c1ccccc1)c1ccccc1. The van der Waals surface area contributed by atoms with Crippen LogP contribution in [-0.2, 0) is 37.8 Å². The number of esters is 3. The number of aliphatic hydroxyl groups is 3. The Morgan fingerprint density at radius 2 is 1.47 bits per heavy atom. The molecule has 3 fully saturated rings. The van der Waals surface area contributed by atoms with Crippen molar-refractivity contribution >= 4 is 37.9 Å². The van der Waals surface area contributed by atoms with Crippen molar-refractivity contribution in [3.8, 4) is 0 Å². The number of nitrogens with one attached hydrogen (secondary N) is 1. The van der Waals surface area contributed by atoms with Crippen molar-refractivity contribution in [1.29, 1.82) is 1.43 Å². The Hall–Kier alpha value is -5.03. The molecule has 0 spiro atoms. The van der Waals surface area contributed by atoms with Gasteiger partial charge in [-0.05, 0) is 73.0 Å². The van der Waals surface area contributed by atoms with Gasteiger partial charge in [0.1, 0.15) is 30.0 Å². The van der Waals surface area contributed by atoms with E-state index in [1.165, 1.54) is 6.92 Å². The van der Waals surface area contributed by atoms with Crippen molar-refractivity contribution in [1.82, 2.24) is 5.32 Å². The summed E-state index contributed by atoms with van der Waals surface area (Å²) in [5.74, 6) is -5.34. The Labute approximate surface area is 388 Å². The normalized spacial score (nSPS) is 31.2. The molecule has 3 aliphatic carbocycles. The molecule has 0 aromatic heterocycles. The first-order valence-corrected chi connectivity index (χ1v) is 25.5. The van der Waals surface area contributed by atoms with Gasteiger partial charge in [0, 0.05) is 30.7 Å². The summed E-state index contributed by atoms with van der Waals surface area (Å²) in [6, 6.07) is 25.7. The maximum absolute atomic E-state index is 15.9. The van der Waals surface area contributed by atoms with Gasteiger partial charge in [0.2, 0.25) is 1.43 Å². The van der Waals surface area contributed by atoms with Gasteiger partial charge in [-0.15, -0.1) is 0 Å². The van der Waals surface area contributed by atoms with Crippen LogP contribution < -0.4 is 5.32 Å². The van der Waals surface area contributed by atoms with E-state index in [1.54, 1.807) is 119 Å². The number of carbonyl (C=O) groups excluding carboxylic acids is 5. The Morgan fingerprint density at radius 1 is 0.894 bits per heavy atom. The minimum Gasteiger partial charge on any atom is -0.456 e. The predicted octanol–water partition coefficient (Wildman–Crippen LogP) is 6.19. The third-order valence-corrected chi connectivity index (χ3v) is 20.1. The molecule has 2 saturated carbocycles. The molecule has 0 radical (unpaired) electrons. The number of Topliss-reactive ketones (excluding diaryl/α,β-unsaturated/α-hetero) is 1. The van der Waals surface area contributed by atoms with Crippen LogP contribution in [0.25, 0.3) is 0 Å². The summed E-state index contributed by atoms with van der Waals surface area (Å²) in [5.41, 5.74) is -6.28. The lowest BCUT2D eigenvalue weighted by Gasteiger charge is -2.68. The number of ketones is 1. The van der Waals surface area contributed by atoms with Gasteiger partial charge < -0.3 is 44.0 Å². The summed E-state index contributed by atoms with van der Waals surface area (Å²) >= 11 is 0. The van der Waals surface area contributed by atoms with Crippen molar-refractivity contribution in [2.45, 2.75) is 140 Å². The lowest BCUT2D eigenvalue weighted by molar-refractivity contribution is -0.344. The quantitative estimate of drug-likeness (QED) is 0.0582. The molecule has 15 heteroatoms. The lowest BCUT2D eigenvalue weighted by atomic mass is 9.44. The highest BCUT2D eigenvalue weighted by molar-refractivity contribution is 6.73. The van der Waals surface area contributed by atoms with Gasteiger partial charge in [0.05, 0.1) is 35.6 Å². The van der Waals surface area contributed by atoms with E-state index in [9.17, 15) is 29.4 Å². The average Bonchev–Trinajstić information content (AvgIpc) is 3.32. The van der Waals surface area contributed by atoms with Crippen LogP contribution in [0.5, 0.6) is 0 Å². The summed E-state index contributed by atoms with van der Waals surface area (Å²) in [7, 11) is -2.59. The topological polar surface area (TPSA) is 204 Å². The van der Waals surface area contributed by atoms with Crippen LogP contribution in [0.3, 0.4) is 0 Å². The Kier molecular flexibility index (Phi) is 13.4. The molecule has 66 heavy (non-hydrogen) atoms. The van der Waals surface area contributed by atoms with Crippen molar-refractivity contribution in [3.05, 3.63) is 119 Å². The van der Waals surface area contributed by atoms with Crippen molar-refractivity contribution in [3.63, 3.8) is 0 Å². The molecule has 354 valence electrons. The van der Waals surface area contributed by atoms with Crippen LogP contribution in [0.2, 0.25) is 18.1 Å². The van der Waals surface area contributed by atoms with E-state index in [1.807, 2.05) is 20.8 Å². The second kappa shape index (κ2) is 18.6. The second-order valence-electron chi connectivity index (χ2n) is 19.1. The molecule has 14 nitrogen and oxygen atoms in total. The first-order valence-electron chi connectivity index (χ1n) is 23.3. The summed E-state index contributed by atoms with van der Waals surface area (Å²) in [6.45, 7) is 13.6. The van der Waals surface area contributed by atoms with Crippen LogP contribution in [0.1, 0.15) is 101 Å². The Morgan fingerprint density at radius 3 is 2.00 bits per heavy atom. The average molecular weight is 928 g/mol. The zero-order valence-electron chi connectivity index (χ0n) is 39.9. The molecule has 11 atom stereocenters. The minimum atomic E-state index is -2.59. The lowest BCUT2D eigenvalue weighted by Crippen LogP contribution is -2.82. The van der Waals surface area contributed by atoms with Crippen LogP contribution >= 0.6 is 0 Å². The van der Waals surface area contributed by atoms with Crippen LogP contribution in [0.4, 0.5) is 0 Å². The van der Waals surface area contributed by atoms with E-state index < -0.39 is 115 Å². The summed E-state index contributed by atoms with van der Waals surface area (Å²) < 4.78 is 40.8. The molecule has 4 N–H and O–H groups in total. The number of ether oxygens (including phenoxy) is 4. The highest BCUT2D eigenvalue weighted by atomic mass is 28.4. The number of aliphatic hydroxyl groups excluding tert-OH is 2. The third-order valence-electron chi connectivity index (χ3n) is 15.5. The van der Waals surface area contributed by atoms with Gasteiger partial charge in [0.25, 0.3) is 5.91 Å². The number of benzene rings is 3. The second-order valence-corrected chi connectivity index (χ2v) is 23.8.